The third-order valence-corrected chi connectivity index (χ3v) is 4.01. The van der Waals surface area contributed by atoms with E-state index in [2.05, 4.69) is 5.32 Å². The van der Waals surface area contributed by atoms with Gasteiger partial charge < -0.3 is 10.4 Å². The maximum atomic E-state index is 11.6. The highest BCUT2D eigenvalue weighted by Gasteiger charge is 2.25. The number of carbonyl (C=O) groups is 1. The van der Waals surface area contributed by atoms with E-state index < -0.39 is 5.60 Å². The summed E-state index contributed by atoms with van der Waals surface area (Å²) in [6.45, 7) is 5.90. The van der Waals surface area contributed by atoms with Gasteiger partial charge >= 0.3 is 0 Å². The zero-order valence-corrected chi connectivity index (χ0v) is 12.0. The molecule has 0 fully saturated rings. The van der Waals surface area contributed by atoms with Crippen molar-refractivity contribution in [3.8, 4) is 0 Å². The van der Waals surface area contributed by atoms with E-state index in [1.165, 1.54) is 11.8 Å². The first-order valence-electron chi connectivity index (χ1n) is 6.09. The molecule has 100 valence electrons. The fraction of sp³-hybridized carbons (Fsp3) is 0.500. The number of thioether (sulfide) groups is 1. The van der Waals surface area contributed by atoms with E-state index in [4.69, 9.17) is 0 Å². The molecule has 0 aliphatic rings. The molecule has 2 N–H and O–H groups in total. The fourth-order valence-electron chi connectivity index (χ4n) is 1.20. The molecular formula is C14H21NO2S. The molecule has 1 amide bonds. The summed E-state index contributed by atoms with van der Waals surface area (Å²) in [5, 5.41) is 12.8. The lowest BCUT2D eigenvalue weighted by Gasteiger charge is -2.27. The summed E-state index contributed by atoms with van der Waals surface area (Å²) in [5.41, 5.74) is -0.854. The van der Waals surface area contributed by atoms with Gasteiger partial charge in [0.2, 0.25) is 5.91 Å². The number of carbonyl (C=O) groups excluding carboxylic acids is 1. The summed E-state index contributed by atoms with van der Waals surface area (Å²) >= 11 is 1.49. The van der Waals surface area contributed by atoms with E-state index in [0.29, 0.717) is 12.3 Å². The second-order valence-corrected chi connectivity index (χ2v) is 5.94. The van der Waals surface area contributed by atoms with E-state index in [-0.39, 0.29) is 11.8 Å². The molecular weight excluding hydrogens is 246 g/mol. The van der Waals surface area contributed by atoms with Gasteiger partial charge in [-0.05, 0) is 25.0 Å². The van der Waals surface area contributed by atoms with Crippen molar-refractivity contribution in [1.82, 2.24) is 5.32 Å². The van der Waals surface area contributed by atoms with Gasteiger partial charge in [0.15, 0.2) is 0 Å². The van der Waals surface area contributed by atoms with Crippen LogP contribution in [0.15, 0.2) is 35.2 Å². The van der Waals surface area contributed by atoms with Crippen LogP contribution in [0, 0.1) is 5.92 Å². The largest absolute Gasteiger partial charge is 0.388 e. The summed E-state index contributed by atoms with van der Waals surface area (Å²) in [5.74, 6) is 0.433. The molecule has 1 atom stereocenters. The SMILES string of the molecule is CC(C)C(C)(O)CNC(=O)CSc1ccccc1. The first-order chi connectivity index (χ1) is 8.42. The average Bonchev–Trinajstić information content (AvgIpc) is 2.35. The van der Waals surface area contributed by atoms with Crippen LogP contribution in [-0.2, 0) is 4.79 Å². The van der Waals surface area contributed by atoms with E-state index in [1.54, 1.807) is 6.92 Å². The predicted octanol–water partition coefficient (Wildman–Crippen LogP) is 2.30. The summed E-state index contributed by atoms with van der Waals surface area (Å²) in [6, 6.07) is 9.79. The molecule has 0 aromatic heterocycles. The Balaban J connectivity index is 2.31. The highest BCUT2D eigenvalue weighted by Crippen LogP contribution is 2.17. The number of amides is 1. The first kappa shape index (κ1) is 15.1. The molecule has 0 heterocycles. The Kier molecular flexibility index (Phi) is 5.69. The molecule has 1 aromatic carbocycles. The molecule has 0 radical (unpaired) electrons. The molecule has 0 bridgehead atoms. The van der Waals surface area contributed by atoms with Gasteiger partial charge in [-0.25, -0.2) is 0 Å². The van der Waals surface area contributed by atoms with Gasteiger partial charge in [-0.1, -0.05) is 32.0 Å². The van der Waals surface area contributed by atoms with Crippen LogP contribution in [0.3, 0.4) is 0 Å². The second kappa shape index (κ2) is 6.81. The quantitative estimate of drug-likeness (QED) is 0.778. The monoisotopic (exact) mass is 267 g/mol. The zero-order chi connectivity index (χ0) is 13.6. The molecule has 3 nitrogen and oxygen atoms in total. The third-order valence-electron chi connectivity index (χ3n) is 3.00. The van der Waals surface area contributed by atoms with Crippen molar-refractivity contribution >= 4 is 17.7 Å². The Hall–Kier alpha value is -1.00. The van der Waals surface area contributed by atoms with Crippen LogP contribution < -0.4 is 5.32 Å². The Bertz CT molecular complexity index is 377. The molecule has 0 aliphatic heterocycles. The standard InChI is InChI=1S/C14H21NO2S/c1-11(2)14(3,17)10-15-13(16)9-18-12-7-5-4-6-8-12/h4-8,11,17H,9-10H2,1-3H3,(H,15,16). The van der Waals surface area contributed by atoms with Crippen LogP contribution in [0.1, 0.15) is 20.8 Å². The molecule has 18 heavy (non-hydrogen) atoms. The van der Waals surface area contributed by atoms with Gasteiger partial charge in [0.05, 0.1) is 11.4 Å². The van der Waals surface area contributed by atoms with Crippen molar-refractivity contribution in [2.24, 2.45) is 5.92 Å². The minimum absolute atomic E-state index is 0.0511. The number of rotatable bonds is 6. The molecule has 0 saturated carbocycles. The maximum Gasteiger partial charge on any atom is 0.230 e. The second-order valence-electron chi connectivity index (χ2n) is 4.89. The van der Waals surface area contributed by atoms with Crippen molar-refractivity contribution < 1.29 is 9.90 Å². The zero-order valence-electron chi connectivity index (χ0n) is 11.1. The number of nitrogens with one attached hydrogen (secondary N) is 1. The lowest BCUT2D eigenvalue weighted by molar-refractivity contribution is -0.120. The Morgan fingerprint density at radius 1 is 1.39 bits per heavy atom. The lowest BCUT2D eigenvalue weighted by Crippen LogP contribution is -2.44. The molecule has 0 saturated heterocycles. The fourth-order valence-corrected chi connectivity index (χ4v) is 1.95. The summed E-state index contributed by atoms with van der Waals surface area (Å²) < 4.78 is 0. The van der Waals surface area contributed by atoms with Gasteiger partial charge in [-0.2, -0.15) is 0 Å². The number of aliphatic hydroxyl groups is 1. The minimum atomic E-state index is -0.854. The normalized spacial score (nSPS) is 14.3. The van der Waals surface area contributed by atoms with Gasteiger partial charge in [-0.3, -0.25) is 4.79 Å². The van der Waals surface area contributed by atoms with Crippen molar-refractivity contribution in [3.05, 3.63) is 30.3 Å². The van der Waals surface area contributed by atoms with Crippen LogP contribution in [0.2, 0.25) is 0 Å². The lowest BCUT2D eigenvalue weighted by atomic mass is 9.93. The Morgan fingerprint density at radius 2 is 2.00 bits per heavy atom. The Morgan fingerprint density at radius 3 is 2.56 bits per heavy atom. The van der Waals surface area contributed by atoms with Crippen molar-refractivity contribution in [3.63, 3.8) is 0 Å². The average molecular weight is 267 g/mol. The minimum Gasteiger partial charge on any atom is -0.388 e. The van der Waals surface area contributed by atoms with Gasteiger partial charge in [-0.15, -0.1) is 11.8 Å². The van der Waals surface area contributed by atoms with E-state index in [0.717, 1.165) is 4.90 Å². The Labute approximate surface area is 113 Å². The van der Waals surface area contributed by atoms with Gasteiger partial charge in [0, 0.05) is 11.4 Å². The number of hydrogen-bond donors (Lipinski definition) is 2. The van der Waals surface area contributed by atoms with Crippen LogP contribution >= 0.6 is 11.8 Å². The van der Waals surface area contributed by atoms with E-state index in [9.17, 15) is 9.90 Å². The van der Waals surface area contributed by atoms with E-state index >= 15 is 0 Å². The summed E-state index contributed by atoms with van der Waals surface area (Å²) in [7, 11) is 0. The summed E-state index contributed by atoms with van der Waals surface area (Å²) in [6.07, 6.45) is 0. The van der Waals surface area contributed by atoms with Crippen molar-refractivity contribution in [2.75, 3.05) is 12.3 Å². The molecule has 0 aliphatic carbocycles. The molecule has 1 unspecified atom stereocenters. The summed E-state index contributed by atoms with van der Waals surface area (Å²) in [4.78, 5) is 12.7. The van der Waals surface area contributed by atoms with E-state index in [1.807, 2.05) is 44.2 Å². The molecule has 0 spiro atoms. The first-order valence-corrected chi connectivity index (χ1v) is 7.07. The van der Waals surface area contributed by atoms with Crippen LogP contribution in [0.5, 0.6) is 0 Å². The third kappa shape index (κ3) is 5.10. The topological polar surface area (TPSA) is 49.3 Å². The van der Waals surface area contributed by atoms with Gasteiger partial charge in [0.25, 0.3) is 0 Å². The van der Waals surface area contributed by atoms with Crippen molar-refractivity contribution in [1.29, 1.82) is 0 Å². The molecule has 1 aromatic rings. The smallest absolute Gasteiger partial charge is 0.230 e. The highest BCUT2D eigenvalue weighted by atomic mass is 32.2. The highest BCUT2D eigenvalue weighted by molar-refractivity contribution is 8.00. The van der Waals surface area contributed by atoms with Crippen LogP contribution in [0.25, 0.3) is 0 Å². The van der Waals surface area contributed by atoms with Crippen molar-refractivity contribution in [2.45, 2.75) is 31.3 Å². The maximum absolute atomic E-state index is 11.6. The number of benzene rings is 1. The van der Waals surface area contributed by atoms with Crippen LogP contribution in [-0.4, -0.2) is 28.9 Å². The number of hydrogen-bond acceptors (Lipinski definition) is 3. The van der Waals surface area contributed by atoms with Gasteiger partial charge in [0.1, 0.15) is 0 Å². The predicted molar refractivity (Wildman–Crippen MR) is 75.6 cm³/mol. The molecule has 1 rings (SSSR count). The van der Waals surface area contributed by atoms with Crippen LogP contribution in [0.4, 0.5) is 0 Å². The molecule has 4 heteroatoms.